The first-order valence-corrected chi connectivity index (χ1v) is 11.3. The third-order valence-electron chi connectivity index (χ3n) is 4.68. The minimum atomic E-state index is -3.56. The lowest BCUT2D eigenvalue weighted by atomic mass is 10.1. The highest BCUT2D eigenvalue weighted by Crippen LogP contribution is 2.31. The zero-order valence-electron chi connectivity index (χ0n) is 14.8. The molecule has 1 aromatic carbocycles. The van der Waals surface area contributed by atoms with Gasteiger partial charge in [0.1, 0.15) is 9.46 Å². The molecule has 1 aromatic heterocycles. The molecule has 0 radical (unpaired) electrons. The predicted octanol–water partition coefficient (Wildman–Crippen LogP) is 3.77. The summed E-state index contributed by atoms with van der Waals surface area (Å²) in [6.45, 7) is 3.50. The number of amides is 2. The number of hydrogen-bond acceptors (Lipinski definition) is 4. The Balaban J connectivity index is 1.81. The number of sulfone groups is 1. The predicted molar refractivity (Wildman–Crippen MR) is 104 cm³/mol. The quantitative estimate of drug-likeness (QED) is 0.842. The van der Waals surface area contributed by atoms with E-state index in [9.17, 15) is 13.2 Å². The van der Waals surface area contributed by atoms with Gasteiger partial charge in [-0.05, 0) is 43.2 Å². The van der Waals surface area contributed by atoms with Crippen molar-refractivity contribution in [3.63, 3.8) is 0 Å². The second kappa shape index (κ2) is 8.22. The summed E-state index contributed by atoms with van der Waals surface area (Å²) < 4.78 is 26.6. The number of urea groups is 1. The standard InChI is InChI=1S/C19H24N2O3S2/c1-15-7-9-16(10-8-15)17(26(23,24)18-6-5-13-25-18)14-20-19(22)21-11-3-2-4-12-21/h5-10,13,17H,2-4,11-12,14H2,1H3,(H,20,22)/t17-/m1/s1. The summed E-state index contributed by atoms with van der Waals surface area (Å²) in [5, 5.41) is 3.81. The van der Waals surface area contributed by atoms with E-state index < -0.39 is 15.1 Å². The third-order valence-corrected chi connectivity index (χ3v) is 8.21. The highest BCUT2D eigenvalue weighted by molar-refractivity contribution is 7.93. The molecule has 3 rings (SSSR count). The normalized spacial score (nSPS) is 16.3. The minimum absolute atomic E-state index is 0.0681. The van der Waals surface area contributed by atoms with E-state index in [-0.39, 0.29) is 12.6 Å². The molecule has 0 aliphatic carbocycles. The second-order valence-corrected chi connectivity index (χ2v) is 9.92. The number of benzene rings is 1. The Hall–Kier alpha value is -1.86. The largest absolute Gasteiger partial charge is 0.336 e. The fourth-order valence-electron chi connectivity index (χ4n) is 3.14. The number of carbonyl (C=O) groups excluding carboxylic acids is 1. The number of nitrogens with one attached hydrogen (secondary N) is 1. The van der Waals surface area contributed by atoms with Crippen LogP contribution in [-0.4, -0.2) is 39.0 Å². The van der Waals surface area contributed by atoms with Crippen LogP contribution in [0, 0.1) is 6.92 Å². The van der Waals surface area contributed by atoms with Gasteiger partial charge in [-0.1, -0.05) is 35.9 Å². The molecule has 140 valence electrons. The van der Waals surface area contributed by atoms with Crippen LogP contribution in [0.2, 0.25) is 0 Å². The molecule has 2 amide bonds. The highest BCUT2D eigenvalue weighted by Gasteiger charge is 2.31. The van der Waals surface area contributed by atoms with E-state index in [4.69, 9.17) is 0 Å². The summed E-state index contributed by atoms with van der Waals surface area (Å²) >= 11 is 1.21. The molecule has 1 fully saturated rings. The molecule has 2 heterocycles. The van der Waals surface area contributed by atoms with Crippen molar-refractivity contribution in [1.29, 1.82) is 0 Å². The van der Waals surface area contributed by atoms with Crippen LogP contribution >= 0.6 is 11.3 Å². The lowest BCUT2D eigenvalue weighted by molar-refractivity contribution is 0.186. The van der Waals surface area contributed by atoms with E-state index in [0.29, 0.717) is 9.77 Å². The van der Waals surface area contributed by atoms with Crippen molar-refractivity contribution in [2.24, 2.45) is 0 Å². The lowest BCUT2D eigenvalue weighted by Gasteiger charge is -2.28. The van der Waals surface area contributed by atoms with Gasteiger partial charge in [0.25, 0.3) is 0 Å². The number of piperidine rings is 1. The summed E-state index contributed by atoms with van der Waals surface area (Å²) in [6.07, 6.45) is 3.15. The van der Waals surface area contributed by atoms with Gasteiger partial charge in [-0.3, -0.25) is 0 Å². The number of hydrogen-bond donors (Lipinski definition) is 1. The monoisotopic (exact) mass is 392 g/mol. The van der Waals surface area contributed by atoms with Crippen molar-refractivity contribution in [2.75, 3.05) is 19.6 Å². The fourth-order valence-corrected chi connectivity index (χ4v) is 6.01. The van der Waals surface area contributed by atoms with Gasteiger partial charge in [0, 0.05) is 19.6 Å². The maximum atomic E-state index is 13.1. The lowest BCUT2D eigenvalue weighted by Crippen LogP contribution is -2.44. The molecular formula is C19H24N2O3S2. The number of thiophene rings is 1. The Morgan fingerprint density at radius 1 is 1.15 bits per heavy atom. The molecule has 7 heteroatoms. The Bertz CT molecular complexity index is 824. The molecule has 1 saturated heterocycles. The van der Waals surface area contributed by atoms with E-state index in [1.165, 1.54) is 11.3 Å². The van der Waals surface area contributed by atoms with Crippen LogP contribution < -0.4 is 5.32 Å². The number of rotatable bonds is 5. The van der Waals surface area contributed by atoms with E-state index in [1.54, 1.807) is 22.4 Å². The van der Waals surface area contributed by atoms with Crippen molar-refractivity contribution >= 4 is 27.2 Å². The number of likely N-dealkylation sites (tertiary alicyclic amines) is 1. The molecule has 0 spiro atoms. The Kier molecular flexibility index (Phi) is 5.98. The molecule has 26 heavy (non-hydrogen) atoms. The van der Waals surface area contributed by atoms with Crippen LogP contribution in [0.15, 0.2) is 46.0 Å². The molecule has 0 unspecified atom stereocenters. The van der Waals surface area contributed by atoms with E-state index in [1.807, 2.05) is 31.2 Å². The topological polar surface area (TPSA) is 66.5 Å². The molecule has 5 nitrogen and oxygen atoms in total. The van der Waals surface area contributed by atoms with Gasteiger partial charge in [-0.25, -0.2) is 13.2 Å². The molecule has 1 atom stereocenters. The Morgan fingerprint density at radius 3 is 2.46 bits per heavy atom. The molecule has 1 aliphatic rings. The first-order chi connectivity index (χ1) is 12.5. The van der Waals surface area contributed by atoms with Crippen LogP contribution in [0.25, 0.3) is 0 Å². The van der Waals surface area contributed by atoms with Gasteiger partial charge in [0.05, 0.1) is 0 Å². The third kappa shape index (κ3) is 4.27. The van der Waals surface area contributed by atoms with Crippen molar-refractivity contribution in [3.05, 3.63) is 52.9 Å². The molecule has 1 aliphatic heterocycles. The molecule has 0 bridgehead atoms. The van der Waals surface area contributed by atoms with Crippen LogP contribution in [-0.2, 0) is 9.84 Å². The zero-order valence-corrected chi connectivity index (χ0v) is 16.5. The van der Waals surface area contributed by atoms with E-state index in [0.717, 1.165) is 37.9 Å². The maximum Gasteiger partial charge on any atom is 0.317 e. The number of aryl methyl sites for hydroxylation is 1. The van der Waals surface area contributed by atoms with Crippen molar-refractivity contribution in [3.8, 4) is 0 Å². The Labute approximate surface area is 159 Å². The second-order valence-electron chi connectivity index (χ2n) is 6.61. The van der Waals surface area contributed by atoms with Gasteiger partial charge in [-0.15, -0.1) is 11.3 Å². The van der Waals surface area contributed by atoms with E-state index in [2.05, 4.69) is 5.32 Å². The summed E-state index contributed by atoms with van der Waals surface area (Å²) in [6, 6.07) is 10.6. The molecular weight excluding hydrogens is 368 g/mol. The minimum Gasteiger partial charge on any atom is -0.336 e. The fraction of sp³-hybridized carbons (Fsp3) is 0.421. The summed E-state index contributed by atoms with van der Waals surface area (Å²) in [5.41, 5.74) is 1.77. The zero-order chi connectivity index (χ0) is 18.6. The van der Waals surface area contributed by atoms with Crippen molar-refractivity contribution in [2.45, 2.75) is 35.6 Å². The van der Waals surface area contributed by atoms with Crippen molar-refractivity contribution in [1.82, 2.24) is 10.2 Å². The van der Waals surface area contributed by atoms with Gasteiger partial charge in [0.15, 0.2) is 9.84 Å². The first-order valence-electron chi connectivity index (χ1n) is 8.85. The Morgan fingerprint density at radius 2 is 1.85 bits per heavy atom. The van der Waals surface area contributed by atoms with Crippen molar-refractivity contribution < 1.29 is 13.2 Å². The SMILES string of the molecule is Cc1ccc([C@@H](CNC(=O)N2CCCCC2)S(=O)(=O)c2cccs2)cc1. The average molecular weight is 393 g/mol. The van der Waals surface area contributed by atoms with Gasteiger partial charge in [-0.2, -0.15) is 0 Å². The summed E-state index contributed by atoms with van der Waals surface area (Å²) in [4.78, 5) is 14.2. The smallest absolute Gasteiger partial charge is 0.317 e. The van der Waals surface area contributed by atoms with Gasteiger partial charge < -0.3 is 10.2 Å². The number of carbonyl (C=O) groups is 1. The summed E-state index contributed by atoms with van der Waals surface area (Å²) in [7, 11) is -3.56. The van der Waals surface area contributed by atoms with Crippen LogP contribution in [0.1, 0.15) is 35.6 Å². The molecule has 0 saturated carbocycles. The average Bonchev–Trinajstić information content (AvgIpc) is 3.19. The van der Waals surface area contributed by atoms with Gasteiger partial charge >= 0.3 is 6.03 Å². The maximum absolute atomic E-state index is 13.1. The van der Waals surface area contributed by atoms with Gasteiger partial charge in [0.2, 0.25) is 0 Å². The van der Waals surface area contributed by atoms with Crippen LogP contribution in [0.4, 0.5) is 4.79 Å². The molecule has 1 N–H and O–H groups in total. The van der Waals surface area contributed by atoms with E-state index >= 15 is 0 Å². The summed E-state index contributed by atoms with van der Waals surface area (Å²) in [5.74, 6) is 0. The van der Waals surface area contributed by atoms with Crippen LogP contribution in [0.3, 0.4) is 0 Å². The highest BCUT2D eigenvalue weighted by atomic mass is 32.2. The molecule has 2 aromatic rings. The first kappa shape index (κ1) is 18.9. The van der Waals surface area contributed by atoms with Crippen LogP contribution in [0.5, 0.6) is 0 Å². The number of nitrogens with zero attached hydrogens (tertiary/aromatic N) is 1.